The van der Waals surface area contributed by atoms with Crippen molar-refractivity contribution in [1.82, 2.24) is 0 Å². The van der Waals surface area contributed by atoms with Crippen molar-refractivity contribution < 1.29 is 13.9 Å². The fourth-order valence-corrected chi connectivity index (χ4v) is 3.65. The van der Waals surface area contributed by atoms with Crippen molar-refractivity contribution in [3.05, 3.63) is 66.0 Å². The van der Waals surface area contributed by atoms with Crippen molar-refractivity contribution in [2.45, 2.75) is 65.0 Å². The van der Waals surface area contributed by atoms with E-state index in [1.54, 1.807) is 12.1 Å². The minimum absolute atomic E-state index is 0.124. The summed E-state index contributed by atoms with van der Waals surface area (Å²) in [4.78, 5) is 13.1. The Balaban J connectivity index is 2.24. The maximum atomic E-state index is 13.8. The fraction of sp³-hybridized carbons (Fsp3) is 0.458. The van der Waals surface area contributed by atoms with E-state index < -0.39 is 6.04 Å². The fourth-order valence-electron chi connectivity index (χ4n) is 3.65. The quantitative estimate of drug-likeness (QED) is 0.448. The molecule has 0 radical (unpaired) electrons. The third-order valence-electron chi connectivity index (χ3n) is 5.02. The van der Waals surface area contributed by atoms with E-state index in [9.17, 15) is 9.18 Å². The Morgan fingerprint density at radius 1 is 1.00 bits per heavy atom. The molecule has 0 saturated carbocycles. The van der Waals surface area contributed by atoms with Crippen LogP contribution in [0.3, 0.4) is 0 Å². The topological polar surface area (TPSA) is 38.3 Å². The van der Waals surface area contributed by atoms with E-state index in [-0.39, 0.29) is 17.9 Å². The Bertz CT molecular complexity index is 714. The number of carbonyl (C=O) groups is 1. The molecule has 0 fully saturated rings. The molecular weight excluding hydrogens is 353 g/mol. The number of esters is 1. The molecule has 2 rings (SSSR count). The summed E-state index contributed by atoms with van der Waals surface area (Å²) in [7, 11) is 0. The molecule has 0 amide bonds. The first-order chi connectivity index (χ1) is 13.6. The van der Waals surface area contributed by atoms with Gasteiger partial charge in [0, 0.05) is 5.69 Å². The van der Waals surface area contributed by atoms with Gasteiger partial charge in [-0.25, -0.2) is 9.18 Å². The third kappa shape index (κ3) is 6.36. The van der Waals surface area contributed by atoms with Gasteiger partial charge in [-0.15, -0.1) is 0 Å². The predicted octanol–water partition coefficient (Wildman–Crippen LogP) is 6.52. The van der Waals surface area contributed by atoms with Gasteiger partial charge >= 0.3 is 5.97 Å². The molecule has 2 aromatic rings. The molecule has 0 spiro atoms. The Morgan fingerprint density at radius 3 is 2.25 bits per heavy atom. The van der Waals surface area contributed by atoms with E-state index in [2.05, 4.69) is 26.1 Å². The molecule has 4 heteroatoms. The van der Waals surface area contributed by atoms with Crippen LogP contribution < -0.4 is 5.32 Å². The summed E-state index contributed by atoms with van der Waals surface area (Å²) < 4.78 is 19.8. The van der Waals surface area contributed by atoms with Crippen LogP contribution in [0.1, 0.15) is 64.5 Å². The van der Waals surface area contributed by atoms with Gasteiger partial charge in [-0.05, 0) is 55.0 Å². The number of hydrogen-bond acceptors (Lipinski definition) is 3. The molecule has 0 aliphatic rings. The maximum absolute atomic E-state index is 13.8. The lowest BCUT2D eigenvalue weighted by atomic mass is 9.91. The molecule has 1 N–H and O–H groups in total. The molecule has 0 aliphatic heterocycles. The highest BCUT2D eigenvalue weighted by molar-refractivity contribution is 5.81. The lowest BCUT2D eigenvalue weighted by molar-refractivity contribution is -0.153. The van der Waals surface area contributed by atoms with Crippen LogP contribution in [-0.4, -0.2) is 12.1 Å². The largest absolute Gasteiger partial charge is 0.460 e. The Hall–Kier alpha value is -2.36. The van der Waals surface area contributed by atoms with E-state index in [4.69, 9.17) is 4.74 Å². The highest BCUT2D eigenvalue weighted by Crippen LogP contribution is 2.27. The summed E-state index contributed by atoms with van der Waals surface area (Å²) in [6.45, 7) is 6.37. The highest BCUT2D eigenvalue weighted by Gasteiger charge is 2.28. The van der Waals surface area contributed by atoms with Crippen LogP contribution in [0.25, 0.3) is 0 Å². The Morgan fingerprint density at radius 2 is 1.68 bits per heavy atom. The molecule has 152 valence electrons. The number of halogens is 1. The van der Waals surface area contributed by atoms with Crippen LogP contribution in [0.4, 0.5) is 10.1 Å². The van der Waals surface area contributed by atoms with Crippen molar-refractivity contribution in [3.63, 3.8) is 0 Å². The number of para-hydroxylation sites is 1. The first-order valence-corrected chi connectivity index (χ1v) is 10.4. The standard InChI is InChI=1S/C24H32FNO2/c1-4-11-18(12-5-2)22(6-3)28-24(27)23(19-13-10-14-20(25)17-19)26-21-15-8-7-9-16-21/h7-10,13-18,22-23,26H,4-6,11-12H2,1-3H3/t22-,23?/m0/s1. The zero-order chi connectivity index (χ0) is 20.4. The van der Waals surface area contributed by atoms with E-state index in [0.717, 1.165) is 37.8 Å². The van der Waals surface area contributed by atoms with Crippen molar-refractivity contribution in [2.75, 3.05) is 5.32 Å². The summed E-state index contributed by atoms with van der Waals surface area (Å²) in [5.74, 6) is -0.376. The molecular formula is C24H32FNO2. The lowest BCUT2D eigenvalue weighted by Gasteiger charge is -2.28. The molecule has 28 heavy (non-hydrogen) atoms. The van der Waals surface area contributed by atoms with Crippen LogP contribution in [-0.2, 0) is 9.53 Å². The van der Waals surface area contributed by atoms with Crippen LogP contribution >= 0.6 is 0 Å². The summed E-state index contributed by atoms with van der Waals surface area (Å²) in [6.07, 6.45) is 4.86. The van der Waals surface area contributed by atoms with Gasteiger partial charge in [-0.3, -0.25) is 0 Å². The average molecular weight is 386 g/mol. The lowest BCUT2D eigenvalue weighted by Crippen LogP contribution is -2.32. The van der Waals surface area contributed by atoms with Crippen LogP contribution in [0.5, 0.6) is 0 Å². The van der Waals surface area contributed by atoms with Gasteiger partial charge in [0.25, 0.3) is 0 Å². The van der Waals surface area contributed by atoms with Crippen molar-refractivity contribution in [2.24, 2.45) is 5.92 Å². The van der Waals surface area contributed by atoms with Gasteiger partial charge in [0.15, 0.2) is 6.04 Å². The van der Waals surface area contributed by atoms with E-state index in [1.807, 2.05) is 30.3 Å². The number of anilines is 1. The predicted molar refractivity (Wildman–Crippen MR) is 113 cm³/mol. The molecule has 0 saturated heterocycles. The SMILES string of the molecule is CCCC(CCC)[C@H](CC)OC(=O)C(Nc1ccccc1)c1cccc(F)c1. The monoisotopic (exact) mass is 385 g/mol. The number of carbonyl (C=O) groups excluding carboxylic acids is 1. The summed E-state index contributed by atoms with van der Waals surface area (Å²) >= 11 is 0. The van der Waals surface area contributed by atoms with Crippen LogP contribution in [0, 0.1) is 11.7 Å². The van der Waals surface area contributed by atoms with Crippen LogP contribution in [0.2, 0.25) is 0 Å². The number of hydrogen-bond donors (Lipinski definition) is 1. The minimum Gasteiger partial charge on any atom is -0.460 e. The second-order valence-corrected chi connectivity index (χ2v) is 7.22. The molecule has 0 heterocycles. The van der Waals surface area contributed by atoms with E-state index in [1.165, 1.54) is 12.1 Å². The van der Waals surface area contributed by atoms with Gasteiger partial charge in [0.05, 0.1) is 0 Å². The molecule has 0 bridgehead atoms. The third-order valence-corrected chi connectivity index (χ3v) is 5.02. The molecule has 2 atom stereocenters. The molecule has 0 aromatic heterocycles. The van der Waals surface area contributed by atoms with Gasteiger partial charge in [0.2, 0.25) is 0 Å². The zero-order valence-electron chi connectivity index (χ0n) is 17.2. The van der Waals surface area contributed by atoms with Gasteiger partial charge in [-0.2, -0.15) is 0 Å². The molecule has 0 aliphatic carbocycles. The van der Waals surface area contributed by atoms with E-state index in [0.29, 0.717) is 11.5 Å². The average Bonchev–Trinajstić information content (AvgIpc) is 2.70. The van der Waals surface area contributed by atoms with Crippen molar-refractivity contribution in [3.8, 4) is 0 Å². The number of nitrogens with one attached hydrogen (secondary N) is 1. The first kappa shape index (κ1) is 21.9. The van der Waals surface area contributed by atoms with Crippen molar-refractivity contribution in [1.29, 1.82) is 0 Å². The van der Waals surface area contributed by atoms with Gasteiger partial charge in [-0.1, -0.05) is 63.9 Å². The Kier molecular flexibility index (Phi) is 8.99. The Labute approximate surface area is 168 Å². The molecule has 2 aromatic carbocycles. The number of rotatable bonds is 11. The second kappa shape index (κ2) is 11.5. The highest BCUT2D eigenvalue weighted by atomic mass is 19.1. The smallest absolute Gasteiger partial charge is 0.333 e. The van der Waals surface area contributed by atoms with Crippen molar-refractivity contribution >= 4 is 11.7 Å². The van der Waals surface area contributed by atoms with Crippen LogP contribution in [0.15, 0.2) is 54.6 Å². The molecule has 1 unspecified atom stereocenters. The number of benzene rings is 2. The van der Waals surface area contributed by atoms with E-state index >= 15 is 0 Å². The minimum atomic E-state index is -0.754. The number of ether oxygens (including phenoxy) is 1. The first-order valence-electron chi connectivity index (χ1n) is 10.4. The second-order valence-electron chi connectivity index (χ2n) is 7.22. The van der Waals surface area contributed by atoms with Gasteiger partial charge < -0.3 is 10.1 Å². The normalized spacial score (nSPS) is 13.2. The summed E-state index contributed by atoms with van der Waals surface area (Å²) in [6, 6.07) is 14.8. The zero-order valence-corrected chi connectivity index (χ0v) is 17.2. The maximum Gasteiger partial charge on any atom is 0.333 e. The van der Waals surface area contributed by atoms with Gasteiger partial charge in [0.1, 0.15) is 11.9 Å². The summed E-state index contributed by atoms with van der Waals surface area (Å²) in [5, 5.41) is 3.21. The summed E-state index contributed by atoms with van der Waals surface area (Å²) in [5.41, 5.74) is 1.35. The molecule has 3 nitrogen and oxygen atoms in total.